The number of hydrogen-bond donors (Lipinski definition) is 0. The lowest BCUT2D eigenvalue weighted by atomic mass is 9.65. The van der Waals surface area contributed by atoms with Crippen molar-refractivity contribution in [2.45, 2.75) is 57.8 Å². The van der Waals surface area contributed by atoms with Crippen molar-refractivity contribution in [2.75, 3.05) is 0 Å². The molecule has 6 rings (SSSR count). The third kappa shape index (κ3) is 2.79. The quantitative estimate of drug-likeness (QED) is 0.227. The van der Waals surface area contributed by atoms with Crippen LogP contribution in [0.5, 0.6) is 11.5 Å². The van der Waals surface area contributed by atoms with Crippen LogP contribution in [0.4, 0.5) is 0 Å². The van der Waals surface area contributed by atoms with E-state index in [4.69, 9.17) is 4.74 Å². The summed E-state index contributed by atoms with van der Waals surface area (Å²) in [6.07, 6.45) is 0. The van der Waals surface area contributed by atoms with E-state index in [1.165, 1.54) is 44.5 Å². The maximum atomic E-state index is 6.49. The predicted molar refractivity (Wildman–Crippen MR) is 141 cm³/mol. The van der Waals surface area contributed by atoms with Crippen molar-refractivity contribution >= 4 is 0 Å². The van der Waals surface area contributed by atoms with Crippen LogP contribution in [0.25, 0.3) is 11.1 Å². The third-order valence-corrected chi connectivity index (χ3v) is 7.67. The molecule has 4 aromatic rings. The number of fused-ring (bicyclic) bond motifs is 9. The molecule has 0 fully saturated rings. The number of para-hydroxylation sites is 2. The van der Waals surface area contributed by atoms with Crippen LogP contribution < -0.4 is 4.74 Å². The van der Waals surface area contributed by atoms with E-state index in [-0.39, 0.29) is 10.8 Å². The van der Waals surface area contributed by atoms with Gasteiger partial charge in [-0.15, -0.1) is 0 Å². The standard InChI is InChI=1S/C33H32O/c1-31(2,3)21-15-17-23-24-18-16-22(32(4,5)6)20-28(24)33(27(23)19-21)25-11-7-9-13-29(25)34-30-14-10-8-12-26(30)33/h7-20H,1-6H3. The molecule has 1 aliphatic heterocycles. The Balaban J connectivity index is 1.81. The predicted octanol–water partition coefficient (Wildman–Crippen LogP) is 8.75. The molecule has 0 amide bonds. The Labute approximate surface area is 203 Å². The van der Waals surface area contributed by atoms with Crippen molar-refractivity contribution in [3.8, 4) is 22.6 Å². The van der Waals surface area contributed by atoms with Gasteiger partial charge in [0.1, 0.15) is 11.5 Å². The van der Waals surface area contributed by atoms with E-state index >= 15 is 0 Å². The fraction of sp³-hybridized carbons (Fsp3) is 0.273. The van der Waals surface area contributed by atoms with Gasteiger partial charge in [-0.3, -0.25) is 0 Å². The van der Waals surface area contributed by atoms with E-state index in [1.807, 2.05) is 0 Å². The summed E-state index contributed by atoms with van der Waals surface area (Å²) in [5.74, 6) is 1.89. The van der Waals surface area contributed by atoms with Crippen LogP contribution in [-0.4, -0.2) is 0 Å². The lowest BCUT2D eigenvalue weighted by Gasteiger charge is -2.40. The molecule has 4 aromatic carbocycles. The monoisotopic (exact) mass is 444 g/mol. The molecule has 1 heteroatoms. The SMILES string of the molecule is CC(C)(C)c1ccc2c(c1)C1(c3ccccc3Oc3ccccc31)c1cc(C(C)(C)C)ccc1-2. The molecule has 1 aliphatic carbocycles. The maximum absolute atomic E-state index is 6.49. The molecule has 1 spiro atoms. The minimum atomic E-state index is -0.404. The highest BCUT2D eigenvalue weighted by atomic mass is 16.5. The van der Waals surface area contributed by atoms with E-state index in [0.29, 0.717) is 0 Å². The summed E-state index contributed by atoms with van der Waals surface area (Å²) in [6, 6.07) is 31.5. The lowest BCUT2D eigenvalue weighted by Crippen LogP contribution is -2.32. The van der Waals surface area contributed by atoms with Gasteiger partial charge in [0, 0.05) is 11.1 Å². The first-order valence-electron chi connectivity index (χ1n) is 12.3. The molecule has 0 aromatic heterocycles. The van der Waals surface area contributed by atoms with Crippen molar-refractivity contribution in [3.63, 3.8) is 0 Å². The molecule has 0 N–H and O–H groups in total. The topological polar surface area (TPSA) is 9.23 Å². The first kappa shape index (κ1) is 21.2. The van der Waals surface area contributed by atoms with Crippen LogP contribution in [0.1, 0.15) is 74.9 Å². The van der Waals surface area contributed by atoms with Crippen LogP contribution in [0.3, 0.4) is 0 Å². The molecule has 1 nitrogen and oxygen atoms in total. The summed E-state index contributed by atoms with van der Waals surface area (Å²) in [5, 5.41) is 0. The zero-order valence-electron chi connectivity index (χ0n) is 21.0. The van der Waals surface area contributed by atoms with Gasteiger partial charge in [-0.2, -0.15) is 0 Å². The summed E-state index contributed by atoms with van der Waals surface area (Å²) in [7, 11) is 0. The fourth-order valence-electron chi connectivity index (χ4n) is 5.83. The molecule has 0 saturated carbocycles. The van der Waals surface area contributed by atoms with Gasteiger partial charge < -0.3 is 4.74 Å². The Morgan fingerprint density at radius 3 is 1.32 bits per heavy atom. The van der Waals surface area contributed by atoms with Gasteiger partial charge in [0.2, 0.25) is 0 Å². The highest BCUT2D eigenvalue weighted by Gasteiger charge is 2.51. The minimum Gasteiger partial charge on any atom is -0.457 e. The van der Waals surface area contributed by atoms with Crippen molar-refractivity contribution in [3.05, 3.63) is 118 Å². The molecule has 0 radical (unpaired) electrons. The van der Waals surface area contributed by atoms with Gasteiger partial charge in [0.15, 0.2) is 0 Å². The summed E-state index contributed by atoms with van der Waals surface area (Å²) in [6.45, 7) is 13.8. The normalized spacial score (nSPS) is 15.2. The third-order valence-electron chi connectivity index (χ3n) is 7.67. The molecule has 0 unspecified atom stereocenters. The van der Waals surface area contributed by atoms with E-state index < -0.39 is 5.41 Å². The number of hydrogen-bond acceptors (Lipinski definition) is 1. The summed E-state index contributed by atoms with van der Waals surface area (Å²) < 4.78 is 6.49. The largest absolute Gasteiger partial charge is 0.457 e. The number of ether oxygens (including phenoxy) is 1. The maximum Gasteiger partial charge on any atom is 0.132 e. The molecule has 0 bridgehead atoms. The fourth-order valence-corrected chi connectivity index (χ4v) is 5.83. The zero-order chi connectivity index (χ0) is 23.9. The van der Waals surface area contributed by atoms with Crippen molar-refractivity contribution in [1.29, 1.82) is 0 Å². The smallest absolute Gasteiger partial charge is 0.132 e. The lowest BCUT2D eigenvalue weighted by molar-refractivity contribution is 0.436. The molecule has 34 heavy (non-hydrogen) atoms. The average Bonchev–Trinajstić information content (AvgIpc) is 3.08. The minimum absolute atomic E-state index is 0.0613. The second kappa shape index (κ2) is 6.85. The Morgan fingerprint density at radius 1 is 0.500 bits per heavy atom. The van der Waals surface area contributed by atoms with E-state index in [1.54, 1.807) is 0 Å². The van der Waals surface area contributed by atoms with Gasteiger partial charge in [-0.05, 0) is 56.3 Å². The first-order valence-corrected chi connectivity index (χ1v) is 12.3. The Bertz CT molecular complexity index is 1330. The van der Waals surface area contributed by atoms with Gasteiger partial charge in [-0.25, -0.2) is 0 Å². The second-order valence-corrected chi connectivity index (χ2v) is 11.9. The highest BCUT2D eigenvalue weighted by Crippen LogP contribution is 2.62. The van der Waals surface area contributed by atoms with Crippen LogP contribution in [-0.2, 0) is 16.2 Å². The van der Waals surface area contributed by atoms with Crippen molar-refractivity contribution in [1.82, 2.24) is 0 Å². The van der Waals surface area contributed by atoms with E-state index in [0.717, 1.165) is 11.5 Å². The van der Waals surface area contributed by atoms with Crippen LogP contribution >= 0.6 is 0 Å². The van der Waals surface area contributed by atoms with Crippen molar-refractivity contribution in [2.24, 2.45) is 0 Å². The molecule has 0 atom stereocenters. The molecule has 0 saturated heterocycles. The molecule has 2 aliphatic rings. The van der Waals surface area contributed by atoms with Gasteiger partial charge >= 0.3 is 0 Å². The number of benzene rings is 4. The van der Waals surface area contributed by atoms with Crippen LogP contribution in [0.15, 0.2) is 84.9 Å². The van der Waals surface area contributed by atoms with Crippen molar-refractivity contribution < 1.29 is 4.74 Å². The van der Waals surface area contributed by atoms with Gasteiger partial charge in [0.25, 0.3) is 0 Å². The molecular formula is C33H32O. The number of rotatable bonds is 0. The Kier molecular flexibility index (Phi) is 4.28. The zero-order valence-corrected chi connectivity index (χ0v) is 21.0. The molecule has 170 valence electrons. The highest BCUT2D eigenvalue weighted by molar-refractivity contribution is 5.89. The summed E-state index contributed by atoms with van der Waals surface area (Å²) in [5.41, 5.74) is 10.3. The Morgan fingerprint density at radius 2 is 0.912 bits per heavy atom. The molecule has 1 heterocycles. The first-order chi connectivity index (χ1) is 16.1. The summed E-state index contributed by atoms with van der Waals surface area (Å²) >= 11 is 0. The van der Waals surface area contributed by atoms with Crippen LogP contribution in [0.2, 0.25) is 0 Å². The van der Waals surface area contributed by atoms with E-state index in [2.05, 4.69) is 126 Å². The average molecular weight is 445 g/mol. The van der Waals surface area contributed by atoms with E-state index in [9.17, 15) is 0 Å². The second-order valence-electron chi connectivity index (χ2n) is 11.9. The van der Waals surface area contributed by atoms with Gasteiger partial charge in [0.05, 0.1) is 5.41 Å². The van der Waals surface area contributed by atoms with Crippen LogP contribution in [0, 0.1) is 0 Å². The molecular weight excluding hydrogens is 412 g/mol. The van der Waals surface area contributed by atoms with Gasteiger partial charge in [-0.1, -0.05) is 114 Å². The summed E-state index contributed by atoms with van der Waals surface area (Å²) in [4.78, 5) is 0. The Hall–Kier alpha value is -3.32.